The van der Waals surface area contributed by atoms with E-state index in [9.17, 15) is 4.79 Å². The Hall–Kier alpha value is -2.00. The number of allylic oxidation sites excluding steroid dienone is 1. The molecule has 0 fully saturated rings. The zero-order chi connectivity index (χ0) is 21.9. The molecule has 2 nitrogen and oxygen atoms in total. The number of benzene rings is 2. The van der Waals surface area contributed by atoms with Gasteiger partial charge in [0.25, 0.3) is 0 Å². The first-order valence-corrected chi connectivity index (χ1v) is 11.7. The summed E-state index contributed by atoms with van der Waals surface area (Å²) in [6, 6.07) is 15.6. The van der Waals surface area contributed by atoms with E-state index >= 15 is 0 Å². The van der Waals surface area contributed by atoms with Crippen LogP contribution in [-0.4, -0.2) is 18.8 Å². The maximum atomic E-state index is 11.2. The molecular formula is C27H34O2S. The Morgan fingerprint density at radius 2 is 1.63 bits per heavy atom. The van der Waals surface area contributed by atoms with Crippen LogP contribution in [0.2, 0.25) is 0 Å². The number of hydrogen-bond acceptors (Lipinski definition) is 3. The Balaban J connectivity index is 1.77. The minimum atomic E-state index is -0.158. The van der Waals surface area contributed by atoms with Crippen LogP contribution in [0.3, 0.4) is 0 Å². The van der Waals surface area contributed by atoms with Crippen LogP contribution in [0.15, 0.2) is 47.4 Å². The minimum Gasteiger partial charge on any atom is -0.469 e. The van der Waals surface area contributed by atoms with Crippen molar-refractivity contribution in [3.8, 4) is 0 Å². The summed E-state index contributed by atoms with van der Waals surface area (Å²) in [5.74, 6) is 0.580. The van der Waals surface area contributed by atoms with Crippen LogP contribution in [-0.2, 0) is 20.4 Å². The second-order valence-electron chi connectivity index (χ2n) is 9.60. The van der Waals surface area contributed by atoms with Crippen LogP contribution >= 0.6 is 11.8 Å². The fourth-order valence-corrected chi connectivity index (χ4v) is 5.01. The Bertz CT molecular complexity index is 936. The predicted octanol–water partition coefficient (Wildman–Crippen LogP) is 7.25. The van der Waals surface area contributed by atoms with Gasteiger partial charge in [-0.25, -0.2) is 0 Å². The number of thioether (sulfide) groups is 1. The van der Waals surface area contributed by atoms with E-state index in [2.05, 4.69) is 83.2 Å². The molecule has 0 saturated heterocycles. The molecule has 2 aromatic rings. The van der Waals surface area contributed by atoms with Crippen molar-refractivity contribution in [2.75, 3.05) is 12.9 Å². The SMILES string of the molecule is COC(=O)CCSc1ccc(/C=C(\C)c2ccc3c(c2)C(C)(C)CCC3(C)C)cc1. The summed E-state index contributed by atoms with van der Waals surface area (Å²) in [5, 5.41) is 0. The predicted molar refractivity (Wildman–Crippen MR) is 129 cm³/mol. The van der Waals surface area contributed by atoms with Gasteiger partial charge in [0.1, 0.15) is 0 Å². The Labute approximate surface area is 186 Å². The molecule has 0 atom stereocenters. The molecule has 1 aliphatic rings. The van der Waals surface area contributed by atoms with E-state index in [0.717, 1.165) is 5.75 Å². The molecule has 0 aromatic heterocycles. The fraction of sp³-hybridized carbons (Fsp3) is 0.444. The summed E-state index contributed by atoms with van der Waals surface area (Å²) >= 11 is 1.68. The molecule has 0 heterocycles. The molecule has 30 heavy (non-hydrogen) atoms. The molecular weight excluding hydrogens is 388 g/mol. The van der Waals surface area contributed by atoms with Gasteiger partial charge >= 0.3 is 5.97 Å². The van der Waals surface area contributed by atoms with E-state index < -0.39 is 0 Å². The van der Waals surface area contributed by atoms with E-state index in [4.69, 9.17) is 4.74 Å². The highest BCUT2D eigenvalue weighted by atomic mass is 32.2. The number of hydrogen-bond donors (Lipinski definition) is 0. The summed E-state index contributed by atoms with van der Waals surface area (Å²) in [6.45, 7) is 11.7. The first-order chi connectivity index (χ1) is 14.1. The van der Waals surface area contributed by atoms with Gasteiger partial charge in [-0.1, -0.05) is 64.1 Å². The normalized spacial score (nSPS) is 17.3. The standard InChI is InChI=1S/C27H34O2S/c1-19(17-20-7-10-22(11-8-20)30-16-13-25(28)29-6)21-9-12-23-24(18-21)27(4,5)15-14-26(23,2)3/h7-12,17-18H,13-16H2,1-6H3/b19-17+. The molecule has 3 rings (SSSR count). The van der Waals surface area contributed by atoms with Crippen molar-refractivity contribution >= 4 is 29.4 Å². The minimum absolute atomic E-state index is 0.158. The molecule has 0 saturated carbocycles. The smallest absolute Gasteiger partial charge is 0.306 e. The van der Waals surface area contributed by atoms with E-state index in [1.165, 1.54) is 52.7 Å². The molecule has 0 radical (unpaired) electrons. The third kappa shape index (κ3) is 5.18. The lowest BCUT2D eigenvalue weighted by Gasteiger charge is -2.42. The van der Waals surface area contributed by atoms with Gasteiger partial charge in [-0.15, -0.1) is 11.8 Å². The van der Waals surface area contributed by atoms with Gasteiger partial charge in [0, 0.05) is 10.6 Å². The Morgan fingerprint density at radius 3 is 2.27 bits per heavy atom. The molecule has 1 aliphatic carbocycles. The largest absolute Gasteiger partial charge is 0.469 e. The van der Waals surface area contributed by atoms with Crippen LogP contribution in [0.1, 0.15) is 76.1 Å². The number of esters is 1. The summed E-state index contributed by atoms with van der Waals surface area (Å²) in [6.07, 6.45) is 5.17. The van der Waals surface area contributed by atoms with Crippen molar-refractivity contribution in [1.82, 2.24) is 0 Å². The van der Waals surface area contributed by atoms with E-state index in [1.807, 2.05) is 0 Å². The second-order valence-corrected chi connectivity index (χ2v) is 10.8. The van der Waals surface area contributed by atoms with Crippen molar-refractivity contribution in [3.63, 3.8) is 0 Å². The first kappa shape index (κ1) is 22.7. The summed E-state index contributed by atoms with van der Waals surface area (Å²) in [5.41, 5.74) is 7.26. The maximum absolute atomic E-state index is 11.2. The zero-order valence-electron chi connectivity index (χ0n) is 19.2. The van der Waals surface area contributed by atoms with Crippen LogP contribution < -0.4 is 0 Å². The third-order valence-electron chi connectivity index (χ3n) is 6.37. The van der Waals surface area contributed by atoms with E-state index in [1.54, 1.807) is 11.8 Å². The average Bonchev–Trinajstić information content (AvgIpc) is 2.72. The van der Waals surface area contributed by atoms with Crippen LogP contribution in [0, 0.1) is 0 Å². The highest BCUT2D eigenvalue weighted by molar-refractivity contribution is 7.99. The summed E-state index contributed by atoms with van der Waals surface area (Å²) in [4.78, 5) is 12.4. The number of carbonyl (C=O) groups is 1. The molecule has 160 valence electrons. The Morgan fingerprint density at radius 1 is 1.00 bits per heavy atom. The molecule has 0 aliphatic heterocycles. The lowest BCUT2D eigenvalue weighted by molar-refractivity contribution is -0.140. The number of ether oxygens (including phenoxy) is 1. The van der Waals surface area contributed by atoms with Crippen LogP contribution in [0.4, 0.5) is 0 Å². The van der Waals surface area contributed by atoms with Gasteiger partial charge in [0.2, 0.25) is 0 Å². The van der Waals surface area contributed by atoms with Crippen molar-refractivity contribution in [2.45, 2.75) is 69.6 Å². The number of fused-ring (bicyclic) bond motifs is 1. The average molecular weight is 423 g/mol. The maximum Gasteiger partial charge on any atom is 0.306 e. The van der Waals surface area contributed by atoms with Gasteiger partial charge in [0.05, 0.1) is 13.5 Å². The van der Waals surface area contributed by atoms with Gasteiger partial charge in [-0.3, -0.25) is 4.79 Å². The molecule has 0 unspecified atom stereocenters. The summed E-state index contributed by atoms with van der Waals surface area (Å²) < 4.78 is 4.69. The molecule has 0 amide bonds. The van der Waals surface area contributed by atoms with E-state index in [-0.39, 0.29) is 16.8 Å². The fourth-order valence-electron chi connectivity index (χ4n) is 4.18. The number of rotatable bonds is 6. The third-order valence-corrected chi connectivity index (χ3v) is 7.39. The first-order valence-electron chi connectivity index (χ1n) is 10.8. The van der Waals surface area contributed by atoms with Crippen molar-refractivity contribution in [2.24, 2.45) is 0 Å². The second kappa shape index (κ2) is 9.01. The van der Waals surface area contributed by atoms with E-state index in [0.29, 0.717) is 6.42 Å². The molecule has 3 heteroatoms. The molecule has 2 aromatic carbocycles. The van der Waals surface area contributed by atoms with Crippen molar-refractivity contribution in [3.05, 3.63) is 64.7 Å². The van der Waals surface area contributed by atoms with Crippen molar-refractivity contribution < 1.29 is 9.53 Å². The zero-order valence-corrected chi connectivity index (χ0v) is 20.0. The Kier molecular flexibility index (Phi) is 6.81. The van der Waals surface area contributed by atoms with Gasteiger partial charge in [-0.2, -0.15) is 0 Å². The number of carbonyl (C=O) groups excluding carboxylic acids is 1. The van der Waals surface area contributed by atoms with Gasteiger partial charge in [-0.05, 0) is 70.6 Å². The van der Waals surface area contributed by atoms with Gasteiger partial charge in [0.15, 0.2) is 0 Å². The molecule has 0 bridgehead atoms. The quantitative estimate of drug-likeness (QED) is 0.278. The number of methoxy groups -OCH3 is 1. The topological polar surface area (TPSA) is 26.3 Å². The highest BCUT2D eigenvalue weighted by Gasteiger charge is 2.36. The van der Waals surface area contributed by atoms with Crippen LogP contribution in [0.25, 0.3) is 11.6 Å². The lowest BCUT2D eigenvalue weighted by atomic mass is 9.63. The summed E-state index contributed by atoms with van der Waals surface area (Å²) in [7, 11) is 1.43. The van der Waals surface area contributed by atoms with Crippen LogP contribution in [0.5, 0.6) is 0 Å². The molecule has 0 N–H and O–H groups in total. The molecule has 0 spiro atoms. The van der Waals surface area contributed by atoms with Gasteiger partial charge < -0.3 is 4.74 Å². The van der Waals surface area contributed by atoms with Crippen molar-refractivity contribution in [1.29, 1.82) is 0 Å². The highest BCUT2D eigenvalue weighted by Crippen LogP contribution is 2.46. The monoisotopic (exact) mass is 422 g/mol. The lowest BCUT2D eigenvalue weighted by Crippen LogP contribution is -2.33.